The van der Waals surface area contributed by atoms with Crippen molar-refractivity contribution in [2.45, 2.75) is 59.2 Å². The maximum absolute atomic E-state index is 13.9. The molecule has 204 valence electrons. The van der Waals surface area contributed by atoms with E-state index in [-0.39, 0.29) is 24.2 Å². The van der Waals surface area contributed by atoms with Crippen LogP contribution in [-0.4, -0.2) is 57.1 Å². The number of nitrogens with one attached hydrogen (secondary N) is 1. The number of halogens is 2. The molecule has 2 rings (SSSR count). The third-order valence-corrected chi connectivity index (χ3v) is 7.89. The van der Waals surface area contributed by atoms with E-state index in [9.17, 15) is 18.0 Å². The Balaban J connectivity index is 2.57. The molecule has 2 aromatic rings. The number of amides is 2. The Morgan fingerprint density at radius 3 is 2.22 bits per heavy atom. The molecular formula is C26H35Cl2N3O5S. The number of methoxy groups -OCH3 is 1. The van der Waals surface area contributed by atoms with Gasteiger partial charge in [0.1, 0.15) is 18.3 Å². The van der Waals surface area contributed by atoms with Crippen molar-refractivity contribution in [3.05, 3.63) is 57.6 Å². The summed E-state index contributed by atoms with van der Waals surface area (Å²) in [5.74, 6) is -0.630. The molecule has 0 heterocycles. The monoisotopic (exact) mass is 571 g/mol. The summed E-state index contributed by atoms with van der Waals surface area (Å²) in [5.41, 5.74) is 1.48. The third-order valence-electron chi connectivity index (χ3n) is 6.06. The highest BCUT2D eigenvalue weighted by molar-refractivity contribution is 7.92. The molecule has 0 aliphatic carbocycles. The first-order valence-electron chi connectivity index (χ1n) is 12.0. The van der Waals surface area contributed by atoms with Gasteiger partial charge in [0.05, 0.1) is 19.1 Å². The first-order valence-corrected chi connectivity index (χ1v) is 14.6. The van der Waals surface area contributed by atoms with E-state index in [2.05, 4.69) is 5.32 Å². The lowest BCUT2D eigenvalue weighted by molar-refractivity contribution is -0.140. The molecule has 11 heteroatoms. The molecule has 0 aliphatic heterocycles. The summed E-state index contributed by atoms with van der Waals surface area (Å²) in [4.78, 5) is 28.4. The predicted octanol–water partition coefficient (Wildman–Crippen LogP) is 4.80. The summed E-state index contributed by atoms with van der Waals surface area (Å²) in [5, 5.41) is 3.59. The van der Waals surface area contributed by atoms with E-state index in [0.29, 0.717) is 34.2 Å². The smallest absolute Gasteiger partial charge is 0.244 e. The van der Waals surface area contributed by atoms with E-state index in [4.69, 9.17) is 27.9 Å². The fourth-order valence-corrected chi connectivity index (χ4v) is 5.17. The number of benzene rings is 2. The standard InChI is InChI=1S/C26H35Cl2N3O5S/c1-7-18(4)29-26(33)22(8-2)30(15-19-20(27)10-9-11-21(19)28)25(32)16-31(37(6,34)35)23-14-17(3)12-13-24(23)36-5/h9-14,18,22H,7-8,15-16H2,1-6H3,(H,29,33)/t18-,22+/m0/s1. The van der Waals surface area contributed by atoms with Crippen LogP contribution >= 0.6 is 23.2 Å². The van der Waals surface area contributed by atoms with Crippen LogP contribution in [0.4, 0.5) is 5.69 Å². The van der Waals surface area contributed by atoms with E-state index < -0.39 is 28.5 Å². The van der Waals surface area contributed by atoms with Crippen LogP contribution in [0.25, 0.3) is 0 Å². The number of rotatable bonds is 12. The van der Waals surface area contributed by atoms with Gasteiger partial charge in [-0.1, -0.05) is 49.2 Å². The second-order valence-electron chi connectivity index (χ2n) is 8.91. The minimum atomic E-state index is -3.91. The molecule has 0 bridgehead atoms. The van der Waals surface area contributed by atoms with Crippen LogP contribution in [0.2, 0.25) is 10.0 Å². The number of hydrogen-bond donors (Lipinski definition) is 1. The quantitative estimate of drug-likeness (QED) is 0.394. The average molecular weight is 573 g/mol. The van der Waals surface area contributed by atoms with E-state index >= 15 is 0 Å². The summed E-state index contributed by atoms with van der Waals surface area (Å²) < 4.78 is 32.1. The summed E-state index contributed by atoms with van der Waals surface area (Å²) in [6.45, 7) is 6.78. The molecule has 0 saturated carbocycles. The van der Waals surface area contributed by atoms with Crippen LogP contribution in [0.15, 0.2) is 36.4 Å². The lowest BCUT2D eigenvalue weighted by Gasteiger charge is -2.34. The zero-order chi connectivity index (χ0) is 27.9. The zero-order valence-electron chi connectivity index (χ0n) is 22.0. The number of nitrogens with zero attached hydrogens (tertiary/aromatic N) is 2. The molecule has 0 unspecified atom stereocenters. The van der Waals surface area contributed by atoms with E-state index in [1.807, 2.05) is 20.8 Å². The topological polar surface area (TPSA) is 96.0 Å². The fraction of sp³-hybridized carbons (Fsp3) is 0.462. The number of hydrogen-bond acceptors (Lipinski definition) is 5. The van der Waals surface area contributed by atoms with Gasteiger partial charge in [0.25, 0.3) is 0 Å². The molecule has 0 spiro atoms. The Bertz CT molecular complexity index is 1200. The van der Waals surface area contributed by atoms with Gasteiger partial charge in [0.15, 0.2) is 0 Å². The number of carbonyl (C=O) groups is 2. The lowest BCUT2D eigenvalue weighted by atomic mass is 10.1. The number of ether oxygens (including phenoxy) is 1. The van der Waals surface area contributed by atoms with Crippen LogP contribution in [-0.2, 0) is 26.2 Å². The summed E-state index contributed by atoms with van der Waals surface area (Å²) in [7, 11) is -2.48. The highest BCUT2D eigenvalue weighted by atomic mass is 35.5. The summed E-state index contributed by atoms with van der Waals surface area (Å²) >= 11 is 12.8. The van der Waals surface area contributed by atoms with Crippen molar-refractivity contribution in [3.8, 4) is 5.75 Å². The second kappa shape index (κ2) is 13.3. The molecule has 37 heavy (non-hydrogen) atoms. The maximum atomic E-state index is 13.9. The van der Waals surface area contributed by atoms with Crippen molar-refractivity contribution in [3.63, 3.8) is 0 Å². The average Bonchev–Trinajstić information content (AvgIpc) is 2.83. The van der Waals surface area contributed by atoms with Gasteiger partial charge in [-0.25, -0.2) is 8.42 Å². The number of aryl methyl sites for hydroxylation is 1. The predicted molar refractivity (Wildman–Crippen MR) is 149 cm³/mol. The Labute approximate surface area is 229 Å². The van der Waals surface area contributed by atoms with Crippen molar-refractivity contribution in [1.29, 1.82) is 0 Å². The van der Waals surface area contributed by atoms with Gasteiger partial charge >= 0.3 is 0 Å². The lowest BCUT2D eigenvalue weighted by Crippen LogP contribution is -2.53. The molecule has 1 N–H and O–H groups in total. The van der Waals surface area contributed by atoms with Crippen LogP contribution in [0.1, 0.15) is 44.7 Å². The maximum Gasteiger partial charge on any atom is 0.244 e. The van der Waals surface area contributed by atoms with Crippen LogP contribution in [0.5, 0.6) is 5.75 Å². The normalized spacial score (nSPS) is 13.0. The van der Waals surface area contributed by atoms with Gasteiger partial charge in [-0.3, -0.25) is 13.9 Å². The third kappa shape index (κ3) is 7.99. The van der Waals surface area contributed by atoms with Gasteiger partial charge in [-0.15, -0.1) is 0 Å². The largest absolute Gasteiger partial charge is 0.495 e. The molecular weight excluding hydrogens is 537 g/mol. The number of sulfonamides is 1. The zero-order valence-corrected chi connectivity index (χ0v) is 24.4. The molecule has 2 amide bonds. The molecule has 0 aromatic heterocycles. The molecule has 8 nitrogen and oxygen atoms in total. The van der Waals surface area contributed by atoms with Gasteiger partial charge in [-0.05, 0) is 56.5 Å². The molecule has 0 fully saturated rings. The first kappa shape index (κ1) is 30.7. The van der Waals surface area contributed by atoms with Crippen molar-refractivity contribution in [1.82, 2.24) is 10.2 Å². The van der Waals surface area contributed by atoms with Gasteiger partial charge in [0.2, 0.25) is 21.8 Å². The minimum Gasteiger partial charge on any atom is -0.495 e. The van der Waals surface area contributed by atoms with Crippen molar-refractivity contribution in [2.75, 3.05) is 24.2 Å². The van der Waals surface area contributed by atoms with Crippen LogP contribution in [0, 0.1) is 6.92 Å². The Hall–Kier alpha value is -2.49. The number of anilines is 1. The van der Waals surface area contributed by atoms with E-state index in [1.165, 1.54) is 12.0 Å². The SMILES string of the molecule is CC[C@H](C(=O)N[C@@H](C)CC)N(Cc1c(Cl)cccc1Cl)C(=O)CN(c1cc(C)ccc1OC)S(C)(=O)=O. The van der Waals surface area contributed by atoms with E-state index in [0.717, 1.165) is 16.1 Å². The van der Waals surface area contributed by atoms with Crippen LogP contribution in [0.3, 0.4) is 0 Å². The van der Waals surface area contributed by atoms with Crippen molar-refractivity contribution >= 4 is 50.7 Å². The summed E-state index contributed by atoms with van der Waals surface area (Å²) in [6.07, 6.45) is 2.02. The fourth-order valence-electron chi connectivity index (χ4n) is 3.80. The number of carbonyl (C=O) groups excluding carboxylic acids is 2. The van der Waals surface area contributed by atoms with Gasteiger partial charge in [0, 0.05) is 28.2 Å². The molecule has 2 aromatic carbocycles. The highest BCUT2D eigenvalue weighted by Gasteiger charge is 2.33. The molecule has 0 aliphatic rings. The Morgan fingerprint density at radius 2 is 1.70 bits per heavy atom. The van der Waals surface area contributed by atoms with Crippen molar-refractivity contribution < 1.29 is 22.7 Å². The Morgan fingerprint density at radius 1 is 1.08 bits per heavy atom. The van der Waals surface area contributed by atoms with E-state index in [1.54, 1.807) is 43.3 Å². The first-order chi connectivity index (χ1) is 17.3. The van der Waals surface area contributed by atoms with Crippen molar-refractivity contribution in [2.24, 2.45) is 0 Å². The second-order valence-corrected chi connectivity index (χ2v) is 11.6. The highest BCUT2D eigenvalue weighted by Crippen LogP contribution is 2.32. The van der Waals surface area contributed by atoms with Gasteiger partial charge in [-0.2, -0.15) is 0 Å². The van der Waals surface area contributed by atoms with Crippen LogP contribution < -0.4 is 14.4 Å². The Kier molecular flexibility index (Phi) is 11.1. The molecule has 0 saturated heterocycles. The molecule has 0 radical (unpaired) electrons. The van der Waals surface area contributed by atoms with Gasteiger partial charge < -0.3 is 15.0 Å². The minimum absolute atomic E-state index is 0.0771. The molecule has 2 atom stereocenters. The summed E-state index contributed by atoms with van der Waals surface area (Å²) in [6, 6.07) is 9.04.